The van der Waals surface area contributed by atoms with Crippen LogP contribution >= 0.6 is 0 Å². The van der Waals surface area contributed by atoms with Crippen LogP contribution in [0.4, 0.5) is 0 Å². The normalized spacial score (nSPS) is 11.9. The van der Waals surface area contributed by atoms with Gasteiger partial charge in [-0.2, -0.15) is 5.26 Å². The first kappa shape index (κ1) is 30.0. The molecular weight excluding hydrogens is 623 g/mol. The molecule has 0 unspecified atom stereocenters. The fraction of sp³-hybridized carbons (Fsp3) is 0.0435. The monoisotopic (exact) mass is 651 g/mol. The lowest BCUT2D eigenvalue weighted by atomic mass is 9.92. The first-order valence-corrected chi connectivity index (χ1v) is 17.0. The van der Waals surface area contributed by atoms with Crippen molar-refractivity contribution < 1.29 is 0 Å². The summed E-state index contributed by atoms with van der Waals surface area (Å²) in [4.78, 5) is 15.2. The maximum atomic E-state index is 9.84. The molecule has 1 aliphatic rings. The van der Waals surface area contributed by atoms with Crippen molar-refractivity contribution in [1.82, 2.24) is 19.5 Å². The van der Waals surface area contributed by atoms with Gasteiger partial charge in [-0.25, -0.2) is 15.0 Å². The van der Waals surface area contributed by atoms with Crippen molar-refractivity contribution >= 4 is 17.0 Å². The molecule has 0 amide bonds. The average Bonchev–Trinajstić information content (AvgIpc) is 3.54. The highest BCUT2D eigenvalue weighted by atomic mass is 15.0. The van der Waals surface area contributed by atoms with Gasteiger partial charge in [-0.15, -0.1) is 0 Å². The van der Waals surface area contributed by atoms with Gasteiger partial charge in [-0.05, 0) is 60.9 Å². The maximum Gasteiger partial charge on any atom is 0.164 e. The zero-order valence-corrected chi connectivity index (χ0v) is 27.6. The number of hydrogen-bond acceptors (Lipinski definition) is 4. The standard InChI is InChI=1S/C46H29N5/c47-30-31-25-26-42-40(27-31)37-23-13-14-24-41(37)51(42)43-38(32-15-5-1-6-16-32)28-36(29-39(43)33-17-7-2-8-18-33)46-49-44(34-19-9-3-10-20-34)48-45(50-46)35-21-11-4-12-22-35/h1-7,9-13,15-17,19-23,25-29H,14,24H2. The molecule has 0 aliphatic heterocycles. The van der Waals surface area contributed by atoms with E-state index in [1.165, 1.54) is 5.69 Å². The molecule has 9 rings (SSSR count). The lowest BCUT2D eigenvalue weighted by Crippen LogP contribution is -2.07. The number of fused-ring (bicyclic) bond motifs is 3. The molecule has 0 radical (unpaired) electrons. The quantitative estimate of drug-likeness (QED) is 0.179. The molecule has 0 spiro atoms. The number of allylic oxidation sites excluding steroid dienone is 1. The number of aromatic nitrogens is 4. The lowest BCUT2D eigenvalue weighted by Gasteiger charge is -2.22. The second kappa shape index (κ2) is 12.7. The fourth-order valence-corrected chi connectivity index (χ4v) is 7.04. The molecule has 0 saturated carbocycles. The second-order valence-electron chi connectivity index (χ2n) is 12.5. The smallest absolute Gasteiger partial charge is 0.164 e. The fourth-order valence-electron chi connectivity index (χ4n) is 7.04. The molecule has 6 aromatic carbocycles. The first-order chi connectivity index (χ1) is 25.2. The predicted molar refractivity (Wildman–Crippen MR) is 204 cm³/mol. The Morgan fingerprint density at radius 2 is 1.25 bits per heavy atom. The maximum absolute atomic E-state index is 9.84. The molecule has 0 atom stereocenters. The Bertz CT molecular complexity index is 2500. The number of benzene rings is 5. The minimum atomic E-state index is 0.577. The molecular formula is C46H29N5. The van der Waals surface area contributed by atoms with E-state index in [2.05, 4.69) is 83.5 Å². The topological polar surface area (TPSA) is 67.4 Å². The van der Waals surface area contributed by atoms with E-state index >= 15 is 0 Å². The van der Waals surface area contributed by atoms with Crippen LogP contribution in [0.15, 0.2) is 146 Å². The van der Waals surface area contributed by atoms with Crippen molar-refractivity contribution in [2.45, 2.75) is 12.8 Å². The van der Waals surface area contributed by atoms with E-state index in [-0.39, 0.29) is 0 Å². The highest BCUT2D eigenvalue weighted by Gasteiger charge is 2.25. The van der Waals surface area contributed by atoms with E-state index < -0.39 is 0 Å². The van der Waals surface area contributed by atoms with Gasteiger partial charge in [0.1, 0.15) is 0 Å². The predicted octanol–water partition coefficient (Wildman–Crippen LogP) is 10.6. The minimum Gasteiger partial charge on any atom is -0.312 e. The van der Waals surface area contributed by atoms with Gasteiger partial charge in [-0.3, -0.25) is 0 Å². The van der Waals surface area contributed by atoms with Crippen molar-refractivity contribution in [2.75, 3.05) is 0 Å². The summed E-state index contributed by atoms with van der Waals surface area (Å²) < 4.78 is 2.40. The highest BCUT2D eigenvalue weighted by Crippen LogP contribution is 2.44. The molecule has 238 valence electrons. The number of nitrogens with zero attached hydrogens (tertiary/aromatic N) is 5. The average molecular weight is 652 g/mol. The van der Waals surface area contributed by atoms with Crippen LogP contribution in [0.3, 0.4) is 0 Å². The van der Waals surface area contributed by atoms with E-state index in [1.807, 2.05) is 91.0 Å². The summed E-state index contributed by atoms with van der Waals surface area (Å²) >= 11 is 0. The molecule has 0 saturated heterocycles. The van der Waals surface area contributed by atoms with E-state index in [0.717, 1.165) is 73.9 Å². The van der Waals surface area contributed by atoms with Crippen LogP contribution in [0, 0.1) is 23.5 Å². The molecule has 5 heteroatoms. The Labute approximate surface area is 296 Å². The Hall–Kier alpha value is -7.08. The van der Waals surface area contributed by atoms with Crippen LogP contribution in [0.25, 0.3) is 79.1 Å². The van der Waals surface area contributed by atoms with Crippen LogP contribution in [-0.4, -0.2) is 19.5 Å². The van der Waals surface area contributed by atoms with Gasteiger partial charge in [0.25, 0.3) is 0 Å². The molecule has 0 N–H and O–H groups in total. The van der Waals surface area contributed by atoms with Crippen LogP contribution in [0.2, 0.25) is 0 Å². The van der Waals surface area contributed by atoms with Crippen molar-refractivity contribution in [1.29, 1.82) is 5.26 Å². The molecule has 2 heterocycles. The summed E-state index contributed by atoms with van der Waals surface area (Å²) in [5, 5.41) is 10.9. The first-order valence-electron chi connectivity index (χ1n) is 17.0. The lowest BCUT2D eigenvalue weighted by molar-refractivity contribution is 0.890. The summed E-state index contributed by atoms with van der Waals surface area (Å²) in [6, 6.07) is 55.9. The van der Waals surface area contributed by atoms with Crippen molar-refractivity contribution in [3.63, 3.8) is 0 Å². The summed E-state index contributed by atoms with van der Waals surface area (Å²) in [5.74, 6) is 1.79. The van der Waals surface area contributed by atoms with Gasteiger partial charge in [0.2, 0.25) is 0 Å². The zero-order chi connectivity index (χ0) is 34.1. The van der Waals surface area contributed by atoms with Gasteiger partial charge in [-0.1, -0.05) is 121 Å². The third-order valence-electron chi connectivity index (χ3n) is 9.39. The van der Waals surface area contributed by atoms with Gasteiger partial charge in [0, 0.05) is 50.0 Å². The molecule has 2 aromatic heterocycles. The summed E-state index contributed by atoms with van der Waals surface area (Å²) in [7, 11) is 0. The van der Waals surface area contributed by atoms with Gasteiger partial charge in [0.15, 0.2) is 17.5 Å². The Balaban J connectivity index is 1.39. The third-order valence-corrected chi connectivity index (χ3v) is 9.39. The Morgan fingerprint density at radius 3 is 1.88 bits per heavy atom. The number of nitriles is 1. The summed E-state index contributed by atoms with van der Waals surface area (Å²) in [6.07, 6.45) is 6.24. The zero-order valence-electron chi connectivity index (χ0n) is 27.6. The SMILES string of the molecule is N#Cc1ccc2c(c1)c1c(n2-c2c(-c3c#cccc3)cc(-c3nc(-c4ccccc4)nc(-c4ccccc4)n3)cc2-c2ccccc2)CCC=C1. The molecule has 51 heavy (non-hydrogen) atoms. The third kappa shape index (κ3) is 5.44. The van der Waals surface area contributed by atoms with Crippen molar-refractivity contribution in [3.8, 4) is 68.2 Å². The largest absolute Gasteiger partial charge is 0.312 e. The van der Waals surface area contributed by atoms with E-state index in [1.54, 1.807) is 0 Å². The summed E-state index contributed by atoms with van der Waals surface area (Å²) in [6.45, 7) is 0. The van der Waals surface area contributed by atoms with Crippen molar-refractivity contribution in [2.24, 2.45) is 0 Å². The van der Waals surface area contributed by atoms with Crippen LogP contribution in [0.5, 0.6) is 0 Å². The van der Waals surface area contributed by atoms with Crippen molar-refractivity contribution in [3.05, 3.63) is 175 Å². The Morgan fingerprint density at radius 1 is 0.627 bits per heavy atom. The highest BCUT2D eigenvalue weighted by molar-refractivity contribution is 5.98. The minimum absolute atomic E-state index is 0.577. The van der Waals surface area contributed by atoms with Gasteiger partial charge < -0.3 is 4.57 Å². The van der Waals surface area contributed by atoms with Crippen LogP contribution in [-0.2, 0) is 6.42 Å². The van der Waals surface area contributed by atoms with E-state index in [4.69, 9.17) is 15.0 Å². The Kier molecular flexibility index (Phi) is 7.50. The number of hydrogen-bond donors (Lipinski definition) is 0. The van der Waals surface area contributed by atoms with E-state index in [9.17, 15) is 5.26 Å². The van der Waals surface area contributed by atoms with Gasteiger partial charge >= 0.3 is 0 Å². The molecule has 0 bridgehead atoms. The summed E-state index contributed by atoms with van der Waals surface area (Å²) in [5.41, 5.74) is 11.8. The van der Waals surface area contributed by atoms with Crippen LogP contribution in [0.1, 0.15) is 23.2 Å². The molecule has 8 aromatic rings. The van der Waals surface area contributed by atoms with E-state index in [0.29, 0.717) is 23.0 Å². The number of rotatable bonds is 6. The molecule has 1 aliphatic carbocycles. The van der Waals surface area contributed by atoms with Gasteiger partial charge in [0.05, 0.1) is 22.8 Å². The molecule has 5 nitrogen and oxygen atoms in total. The second-order valence-corrected chi connectivity index (χ2v) is 12.5. The molecule has 0 fully saturated rings. The van der Waals surface area contributed by atoms with Crippen LogP contribution < -0.4 is 0 Å².